The highest BCUT2D eigenvalue weighted by atomic mass is 32.2. The van der Waals surface area contributed by atoms with E-state index in [2.05, 4.69) is 21.8 Å². The summed E-state index contributed by atoms with van der Waals surface area (Å²) in [5.41, 5.74) is 2.77. The molecule has 0 bridgehead atoms. The lowest BCUT2D eigenvalue weighted by molar-refractivity contribution is 0.560. The van der Waals surface area contributed by atoms with Crippen molar-refractivity contribution in [3.63, 3.8) is 0 Å². The van der Waals surface area contributed by atoms with E-state index in [1.54, 1.807) is 11.3 Å². The average molecular weight is 454 g/mol. The number of hydrogen-bond donors (Lipinski definition) is 1. The van der Waals surface area contributed by atoms with Gasteiger partial charge in [0.05, 0.1) is 18.0 Å². The molecule has 5 nitrogen and oxygen atoms in total. The highest BCUT2D eigenvalue weighted by Crippen LogP contribution is 2.29. The molecule has 1 atom stereocenters. The van der Waals surface area contributed by atoms with Crippen LogP contribution in [0.2, 0.25) is 0 Å². The Morgan fingerprint density at radius 3 is 2.29 bits per heavy atom. The van der Waals surface area contributed by atoms with Gasteiger partial charge in [-0.05, 0) is 55.1 Å². The number of nitrogens with one attached hydrogen (secondary N) is 1. The number of benzene rings is 2. The van der Waals surface area contributed by atoms with E-state index >= 15 is 0 Å². The molecule has 1 aromatic heterocycles. The smallest absolute Gasteiger partial charge is 0.233 e. The van der Waals surface area contributed by atoms with E-state index in [0.29, 0.717) is 17.9 Å². The third-order valence-electron chi connectivity index (χ3n) is 4.72. The van der Waals surface area contributed by atoms with Crippen LogP contribution in [0.25, 0.3) is 0 Å². The summed E-state index contributed by atoms with van der Waals surface area (Å²) in [4.78, 5) is 5.81. The summed E-state index contributed by atoms with van der Waals surface area (Å²) in [7, 11) is -1.92. The monoisotopic (exact) mass is 453 g/mol. The largest absolute Gasteiger partial charge is 0.377 e. The number of rotatable bonds is 8. The maximum Gasteiger partial charge on any atom is 0.233 e. The third-order valence-corrected chi connectivity index (χ3v) is 6.89. The zero-order valence-corrected chi connectivity index (χ0v) is 19.5. The van der Waals surface area contributed by atoms with Gasteiger partial charge in [-0.15, -0.1) is 11.3 Å². The van der Waals surface area contributed by atoms with Gasteiger partial charge in [-0.2, -0.15) is 0 Å². The molecule has 3 aromatic rings. The molecule has 7 heteroatoms. The molecule has 0 saturated carbocycles. The number of aliphatic imine (C=N–C) groups is 1. The first-order valence-electron chi connectivity index (χ1n) is 9.93. The summed E-state index contributed by atoms with van der Waals surface area (Å²) >= 11 is 1.70. The van der Waals surface area contributed by atoms with Crippen LogP contribution in [0.15, 0.2) is 94.8 Å². The first-order chi connectivity index (χ1) is 14.8. The molecule has 0 aliphatic heterocycles. The van der Waals surface area contributed by atoms with Crippen LogP contribution in [0.4, 0.5) is 11.4 Å². The van der Waals surface area contributed by atoms with Gasteiger partial charge < -0.3 is 5.32 Å². The first kappa shape index (κ1) is 22.8. The molecular weight excluding hydrogens is 426 g/mol. The van der Waals surface area contributed by atoms with E-state index in [-0.39, 0.29) is 6.04 Å². The zero-order chi connectivity index (χ0) is 22.3. The summed E-state index contributed by atoms with van der Waals surface area (Å²) in [5, 5.41) is 5.66. The minimum atomic E-state index is -3.44. The Balaban J connectivity index is 1.90. The van der Waals surface area contributed by atoms with Crippen LogP contribution in [-0.4, -0.2) is 31.9 Å². The van der Waals surface area contributed by atoms with Crippen molar-refractivity contribution in [1.29, 1.82) is 0 Å². The molecule has 2 aromatic carbocycles. The van der Waals surface area contributed by atoms with E-state index in [1.807, 2.05) is 79.7 Å². The van der Waals surface area contributed by atoms with Gasteiger partial charge in [0.25, 0.3) is 0 Å². The van der Waals surface area contributed by atoms with Crippen LogP contribution in [0.1, 0.15) is 24.3 Å². The molecule has 0 radical (unpaired) electrons. The predicted octanol–water partition coefficient (Wildman–Crippen LogP) is 5.86. The third kappa shape index (κ3) is 6.80. The van der Waals surface area contributed by atoms with E-state index in [1.165, 1.54) is 22.5 Å². The molecule has 0 aliphatic carbocycles. The molecule has 3 rings (SSSR count). The molecule has 0 aliphatic rings. The molecule has 0 amide bonds. The Hall–Kier alpha value is -2.90. The maximum absolute atomic E-state index is 12.2. The molecule has 0 spiro atoms. The van der Waals surface area contributed by atoms with Crippen molar-refractivity contribution < 1.29 is 8.42 Å². The molecule has 0 fully saturated rings. The average Bonchev–Trinajstić information content (AvgIpc) is 3.28. The summed E-state index contributed by atoms with van der Waals surface area (Å²) in [6.45, 7) is 2.00. The van der Waals surface area contributed by atoms with Crippen LogP contribution >= 0.6 is 11.3 Å². The SMILES string of the molecule is C/C(=C\C(=Nc1ccccc1)N(C)S(C)(=O)=O)CC(Nc1ccccc1)c1cccs1. The van der Waals surface area contributed by atoms with Crippen LogP contribution in [0, 0.1) is 0 Å². The van der Waals surface area contributed by atoms with Crippen LogP contribution in [0.5, 0.6) is 0 Å². The number of thiophene rings is 1. The maximum atomic E-state index is 12.2. The second-order valence-electron chi connectivity index (χ2n) is 7.31. The van der Waals surface area contributed by atoms with E-state index in [0.717, 1.165) is 11.3 Å². The number of sulfonamides is 1. The van der Waals surface area contributed by atoms with E-state index < -0.39 is 10.0 Å². The van der Waals surface area contributed by atoms with Crippen molar-refractivity contribution in [3.8, 4) is 0 Å². The van der Waals surface area contributed by atoms with E-state index in [9.17, 15) is 8.42 Å². The molecular formula is C24H27N3O2S2. The summed E-state index contributed by atoms with van der Waals surface area (Å²) < 4.78 is 25.6. The van der Waals surface area contributed by atoms with Gasteiger partial charge in [0, 0.05) is 17.6 Å². The van der Waals surface area contributed by atoms with Crippen LogP contribution in [-0.2, 0) is 10.0 Å². The second kappa shape index (κ2) is 10.4. The topological polar surface area (TPSA) is 61.8 Å². The van der Waals surface area contributed by atoms with Crippen molar-refractivity contribution in [3.05, 3.63) is 94.7 Å². The second-order valence-corrected chi connectivity index (χ2v) is 10.3. The quantitative estimate of drug-likeness (QED) is 0.343. The van der Waals surface area contributed by atoms with Crippen molar-refractivity contribution in [2.75, 3.05) is 18.6 Å². The summed E-state index contributed by atoms with van der Waals surface area (Å²) in [5.74, 6) is 0.385. The highest BCUT2D eigenvalue weighted by molar-refractivity contribution is 7.88. The van der Waals surface area contributed by atoms with Gasteiger partial charge in [0.1, 0.15) is 5.84 Å². The van der Waals surface area contributed by atoms with Crippen molar-refractivity contribution in [1.82, 2.24) is 4.31 Å². The molecule has 162 valence electrons. The fourth-order valence-corrected chi connectivity index (χ4v) is 4.26. The summed E-state index contributed by atoms with van der Waals surface area (Å²) in [6, 6.07) is 23.7. The summed E-state index contributed by atoms with van der Waals surface area (Å²) in [6.07, 6.45) is 3.74. The zero-order valence-electron chi connectivity index (χ0n) is 17.9. The molecule has 1 heterocycles. The predicted molar refractivity (Wildman–Crippen MR) is 132 cm³/mol. The van der Waals surface area contributed by atoms with Crippen molar-refractivity contribution in [2.45, 2.75) is 19.4 Å². The number of anilines is 1. The lowest BCUT2D eigenvalue weighted by Crippen LogP contribution is -2.31. The Morgan fingerprint density at radius 2 is 1.71 bits per heavy atom. The van der Waals surface area contributed by atoms with Gasteiger partial charge in [0.2, 0.25) is 10.0 Å². The van der Waals surface area contributed by atoms with Gasteiger partial charge in [-0.1, -0.05) is 48.0 Å². The van der Waals surface area contributed by atoms with Crippen molar-refractivity contribution >= 4 is 38.6 Å². The van der Waals surface area contributed by atoms with Crippen molar-refractivity contribution in [2.24, 2.45) is 4.99 Å². The normalized spacial score (nSPS) is 13.6. The Morgan fingerprint density at radius 1 is 1.06 bits per heavy atom. The van der Waals surface area contributed by atoms with Gasteiger partial charge in [-0.25, -0.2) is 13.4 Å². The Bertz CT molecular complexity index is 1120. The van der Waals surface area contributed by atoms with Crippen LogP contribution < -0.4 is 5.32 Å². The van der Waals surface area contributed by atoms with Gasteiger partial charge in [-0.3, -0.25) is 4.31 Å². The Kier molecular flexibility index (Phi) is 7.65. The fourth-order valence-electron chi connectivity index (χ4n) is 3.05. The molecule has 1 N–H and O–H groups in total. The molecule has 1 unspecified atom stereocenters. The minimum absolute atomic E-state index is 0.0696. The Labute approximate surface area is 188 Å². The minimum Gasteiger partial charge on any atom is -0.377 e. The van der Waals surface area contributed by atoms with Gasteiger partial charge in [0.15, 0.2) is 0 Å². The molecule has 0 saturated heterocycles. The number of amidine groups is 1. The van der Waals surface area contributed by atoms with Gasteiger partial charge >= 0.3 is 0 Å². The number of nitrogens with zero attached hydrogens (tertiary/aromatic N) is 2. The first-order valence-corrected chi connectivity index (χ1v) is 12.7. The standard InChI is InChI=1S/C24H27N3O2S2/c1-19(17-22(23-15-10-16-30-23)25-20-11-6-4-7-12-20)18-24(27(2)31(3,28)29)26-21-13-8-5-9-14-21/h4-16,18,22,25H,17H2,1-3H3/b19-18+,26-24?. The lowest BCUT2D eigenvalue weighted by Gasteiger charge is -2.21. The molecule has 31 heavy (non-hydrogen) atoms. The number of likely N-dealkylation sites (N-methyl/N-ethyl adjacent to an activating group) is 1. The lowest BCUT2D eigenvalue weighted by atomic mass is 10.0. The fraction of sp³-hybridized carbons (Fsp3) is 0.208. The van der Waals surface area contributed by atoms with Crippen LogP contribution in [0.3, 0.4) is 0 Å². The number of para-hydroxylation sites is 2. The number of hydrogen-bond acceptors (Lipinski definition) is 5. The highest BCUT2D eigenvalue weighted by Gasteiger charge is 2.17. The van der Waals surface area contributed by atoms with E-state index in [4.69, 9.17) is 0 Å².